The van der Waals surface area contributed by atoms with Gasteiger partial charge in [-0.15, -0.1) is 0 Å². The van der Waals surface area contributed by atoms with Crippen molar-refractivity contribution < 1.29 is 4.42 Å². The molecule has 6 heteroatoms. The summed E-state index contributed by atoms with van der Waals surface area (Å²) in [6.45, 7) is 0. The minimum absolute atomic E-state index is 0.579. The Hall–Kier alpha value is -2.08. The van der Waals surface area contributed by atoms with Gasteiger partial charge in [0.25, 0.3) is 0 Å². The third-order valence-electron chi connectivity index (χ3n) is 2.85. The van der Waals surface area contributed by atoms with Crippen molar-refractivity contribution in [3.05, 3.63) is 41.3 Å². The maximum Gasteiger partial charge on any atom is 0.169 e. The predicted octanol–water partition coefficient (Wildman–Crippen LogP) is 3.09. The van der Waals surface area contributed by atoms with E-state index in [1.165, 1.54) is 0 Å². The van der Waals surface area contributed by atoms with Crippen LogP contribution in [0.2, 0.25) is 0 Å². The molecule has 0 aliphatic carbocycles. The average Bonchev–Trinajstić information content (AvgIpc) is 2.96. The third-order valence-corrected chi connectivity index (χ3v) is 3.27. The monoisotopic (exact) mass is 318 g/mol. The van der Waals surface area contributed by atoms with E-state index >= 15 is 0 Å². The third kappa shape index (κ3) is 2.04. The first-order chi connectivity index (χ1) is 9.16. The van der Waals surface area contributed by atoms with E-state index in [1.807, 2.05) is 24.3 Å². The van der Waals surface area contributed by atoms with Crippen LogP contribution >= 0.6 is 15.9 Å². The lowest BCUT2D eigenvalue weighted by Crippen LogP contribution is -1.98. The maximum atomic E-state index is 6.10. The van der Waals surface area contributed by atoms with Gasteiger partial charge in [0.15, 0.2) is 10.4 Å². The van der Waals surface area contributed by atoms with E-state index in [0.717, 1.165) is 11.1 Å². The lowest BCUT2D eigenvalue weighted by Gasteiger charge is -2.01. The quantitative estimate of drug-likeness (QED) is 0.788. The van der Waals surface area contributed by atoms with E-state index in [0.29, 0.717) is 21.9 Å². The molecule has 0 atom stereocenters. The molecule has 0 aliphatic rings. The molecule has 0 saturated heterocycles. The first-order valence-electron chi connectivity index (χ1n) is 5.65. The van der Waals surface area contributed by atoms with E-state index in [-0.39, 0.29) is 0 Å². The van der Waals surface area contributed by atoms with Gasteiger partial charge in [0, 0.05) is 25.0 Å². The molecule has 0 saturated carbocycles. The summed E-state index contributed by atoms with van der Waals surface area (Å²) in [6, 6.07) is 7.49. The number of pyridine rings is 1. The summed E-state index contributed by atoms with van der Waals surface area (Å²) in [5.74, 6) is 1.24. The summed E-state index contributed by atoms with van der Waals surface area (Å²) in [6.07, 6.45) is 3.48. The zero-order chi connectivity index (χ0) is 13.4. The summed E-state index contributed by atoms with van der Waals surface area (Å²) >= 11 is 3.29. The largest absolute Gasteiger partial charge is 0.448 e. The zero-order valence-electron chi connectivity index (χ0n) is 10.2. The van der Waals surface area contributed by atoms with Gasteiger partial charge < -0.3 is 10.2 Å². The van der Waals surface area contributed by atoms with Crippen LogP contribution in [0.25, 0.3) is 22.6 Å². The van der Waals surface area contributed by atoms with Crippen molar-refractivity contribution in [2.45, 2.75) is 0 Å². The number of furan rings is 1. The van der Waals surface area contributed by atoms with Gasteiger partial charge in [-0.3, -0.25) is 9.67 Å². The van der Waals surface area contributed by atoms with Crippen molar-refractivity contribution in [1.82, 2.24) is 14.8 Å². The number of nitrogen functional groups attached to an aromatic ring is 1. The summed E-state index contributed by atoms with van der Waals surface area (Å²) in [7, 11) is 1.80. The van der Waals surface area contributed by atoms with Gasteiger partial charge in [-0.05, 0) is 34.1 Å². The molecule has 0 aromatic carbocycles. The number of aryl methyl sites for hydroxylation is 1. The molecule has 0 fully saturated rings. The van der Waals surface area contributed by atoms with Crippen molar-refractivity contribution >= 4 is 21.7 Å². The maximum absolute atomic E-state index is 6.10. The summed E-state index contributed by atoms with van der Waals surface area (Å²) in [5.41, 5.74) is 8.55. The lowest BCUT2D eigenvalue weighted by molar-refractivity contribution is 0.552. The van der Waals surface area contributed by atoms with Crippen LogP contribution in [0.1, 0.15) is 0 Å². The number of anilines is 1. The van der Waals surface area contributed by atoms with E-state index in [1.54, 1.807) is 24.1 Å². The Morgan fingerprint density at radius 1 is 1.32 bits per heavy atom. The second-order valence-electron chi connectivity index (χ2n) is 4.08. The number of nitrogens with zero attached hydrogens (tertiary/aromatic N) is 3. The van der Waals surface area contributed by atoms with Crippen molar-refractivity contribution in [3.8, 4) is 22.6 Å². The Labute approximate surface area is 118 Å². The van der Waals surface area contributed by atoms with Gasteiger partial charge in [-0.1, -0.05) is 6.07 Å². The van der Waals surface area contributed by atoms with E-state index < -0.39 is 0 Å². The Morgan fingerprint density at radius 3 is 2.79 bits per heavy atom. The Balaban J connectivity index is 2.24. The van der Waals surface area contributed by atoms with Crippen LogP contribution in [-0.4, -0.2) is 14.8 Å². The van der Waals surface area contributed by atoms with Gasteiger partial charge in [0.2, 0.25) is 0 Å². The first-order valence-corrected chi connectivity index (χ1v) is 6.44. The molecule has 3 aromatic rings. The van der Waals surface area contributed by atoms with Gasteiger partial charge in [0.1, 0.15) is 11.5 Å². The van der Waals surface area contributed by atoms with Crippen molar-refractivity contribution in [1.29, 1.82) is 0 Å². The summed E-state index contributed by atoms with van der Waals surface area (Å²) in [4.78, 5) is 4.12. The fourth-order valence-electron chi connectivity index (χ4n) is 1.95. The number of halogens is 1. The van der Waals surface area contributed by atoms with E-state index in [4.69, 9.17) is 10.2 Å². The first kappa shape index (κ1) is 12.0. The normalized spacial score (nSPS) is 10.8. The second-order valence-corrected chi connectivity index (χ2v) is 4.86. The molecule has 19 heavy (non-hydrogen) atoms. The van der Waals surface area contributed by atoms with Crippen LogP contribution in [0.15, 0.2) is 45.7 Å². The molecule has 3 rings (SSSR count). The Morgan fingerprint density at radius 2 is 2.16 bits per heavy atom. The SMILES string of the molecule is Cn1nc(-c2ccc(Br)o2)c(-c2cccnc2)c1N. The number of aromatic nitrogens is 3. The van der Waals surface area contributed by atoms with Crippen molar-refractivity contribution in [3.63, 3.8) is 0 Å². The van der Waals surface area contributed by atoms with Crippen LogP contribution in [0.5, 0.6) is 0 Å². The minimum atomic E-state index is 0.579. The molecule has 3 aromatic heterocycles. The Bertz CT molecular complexity index is 718. The van der Waals surface area contributed by atoms with Crippen LogP contribution in [0.3, 0.4) is 0 Å². The molecule has 0 unspecified atom stereocenters. The molecule has 96 valence electrons. The summed E-state index contributed by atoms with van der Waals surface area (Å²) in [5, 5.41) is 4.42. The smallest absolute Gasteiger partial charge is 0.169 e. The summed E-state index contributed by atoms with van der Waals surface area (Å²) < 4.78 is 7.85. The highest BCUT2D eigenvalue weighted by atomic mass is 79.9. The fraction of sp³-hybridized carbons (Fsp3) is 0.0769. The van der Waals surface area contributed by atoms with Crippen LogP contribution < -0.4 is 5.73 Å². The van der Waals surface area contributed by atoms with E-state index in [9.17, 15) is 0 Å². The van der Waals surface area contributed by atoms with Gasteiger partial charge in [-0.2, -0.15) is 5.10 Å². The second kappa shape index (κ2) is 4.55. The van der Waals surface area contributed by atoms with Crippen LogP contribution in [0.4, 0.5) is 5.82 Å². The van der Waals surface area contributed by atoms with Gasteiger partial charge >= 0.3 is 0 Å². The molecule has 2 N–H and O–H groups in total. The molecule has 0 radical (unpaired) electrons. The van der Waals surface area contributed by atoms with Gasteiger partial charge in [-0.25, -0.2) is 0 Å². The highest BCUT2D eigenvalue weighted by Crippen LogP contribution is 2.36. The number of hydrogen-bond donors (Lipinski definition) is 1. The topological polar surface area (TPSA) is 69.9 Å². The highest BCUT2D eigenvalue weighted by molar-refractivity contribution is 9.10. The molecular weight excluding hydrogens is 308 g/mol. The number of nitrogens with two attached hydrogens (primary N) is 1. The molecule has 0 spiro atoms. The van der Waals surface area contributed by atoms with Gasteiger partial charge in [0.05, 0.1) is 5.56 Å². The number of rotatable bonds is 2. The molecule has 0 amide bonds. The molecule has 0 bridgehead atoms. The number of hydrogen-bond acceptors (Lipinski definition) is 4. The van der Waals surface area contributed by atoms with Crippen molar-refractivity contribution in [2.24, 2.45) is 7.05 Å². The molecule has 5 nitrogen and oxygen atoms in total. The minimum Gasteiger partial charge on any atom is -0.448 e. The highest BCUT2D eigenvalue weighted by Gasteiger charge is 2.19. The molecule has 3 heterocycles. The van der Waals surface area contributed by atoms with Crippen LogP contribution in [0, 0.1) is 0 Å². The van der Waals surface area contributed by atoms with Crippen molar-refractivity contribution in [2.75, 3.05) is 5.73 Å². The zero-order valence-corrected chi connectivity index (χ0v) is 11.8. The average molecular weight is 319 g/mol. The lowest BCUT2D eigenvalue weighted by atomic mass is 10.1. The van der Waals surface area contributed by atoms with E-state index in [2.05, 4.69) is 26.0 Å². The molecule has 0 aliphatic heterocycles. The molecular formula is C13H11BrN4O. The predicted molar refractivity (Wildman–Crippen MR) is 76.3 cm³/mol. The fourth-order valence-corrected chi connectivity index (χ4v) is 2.25. The Kier molecular flexibility index (Phi) is 2.87. The standard InChI is InChI=1S/C13H11BrN4O/c1-18-13(15)11(8-3-2-6-16-7-8)12(17-18)9-4-5-10(14)19-9/h2-7H,15H2,1H3. The van der Waals surface area contributed by atoms with Crippen LogP contribution in [-0.2, 0) is 7.05 Å².